The van der Waals surface area contributed by atoms with Gasteiger partial charge in [-0.05, 0) is 45.4 Å². The topological polar surface area (TPSA) is 52.6 Å². The van der Waals surface area contributed by atoms with E-state index < -0.39 is 6.29 Å². The Hall–Kier alpha value is -2.10. The molecule has 0 spiro atoms. The highest BCUT2D eigenvalue weighted by Crippen LogP contribution is 2.46. The Balaban J connectivity index is 1.92. The van der Waals surface area contributed by atoms with Crippen LogP contribution >= 0.6 is 0 Å². The Kier molecular flexibility index (Phi) is 4.74. The minimum atomic E-state index is -0.749. The monoisotopic (exact) mass is 328 g/mol. The van der Waals surface area contributed by atoms with Crippen molar-refractivity contribution in [2.24, 2.45) is 17.8 Å². The Morgan fingerprint density at radius 2 is 2.12 bits per heavy atom. The van der Waals surface area contributed by atoms with Crippen LogP contribution < -0.4 is 0 Å². The second kappa shape index (κ2) is 6.80. The van der Waals surface area contributed by atoms with Crippen LogP contribution in [0.2, 0.25) is 0 Å². The summed E-state index contributed by atoms with van der Waals surface area (Å²) in [5.41, 5.74) is 2.93. The molecule has 0 amide bonds. The molecule has 4 heteroatoms. The minimum absolute atomic E-state index is 0.0603. The lowest BCUT2D eigenvalue weighted by molar-refractivity contribution is -0.202. The Bertz CT molecular complexity index is 653. The highest BCUT2D eigenvalue weighted by atomic mass is 16.7. The molecule has 3 aliphatic rings. The Morgan fingerprint density at radius 3 is 2.88 bits per heavy atom. The van der Waals surface area contributed by atoms with Crippen molar-refractivity contribution >= 4 is 11.9 Å². The van der Waals surface area contributed by atoms with E-state index in [1.807, 2.05) is 25.2 Å². The van der Waals surface area contributed by atoms with Crippen LogP contribution in [0, 0.1) is 17.8 Å². The van der Waals surface area contributed by atoms with Crippen molar-refractivity contribution in [3.63, 3.8) is 0 Å². The first-order valence-electron chi connectivity index (χ1n) is 8.56. The normalized spacial score (nSPS) is 32.8. The Labute approximate surface area is 142 Å². The maximum absolute atomic E-state index is 12.5. The lowest BCUT2D eigenvalue weighted by atomic mass is 9.72. The second-order valence-electron chi connectivity index (χ2n) is 6.98. The maximum Gasteiger partial charge on any atom is 0.337 e. The predicted octanol–water partition coefficient (Wildman–Crippen LogP) is 3.85. The van der Waals surface area contributed by atoms with Gasteiger partial charge in [-0.3, -0.25) is 4.79 Å². The van der Waals surface area contributed by atoms with Crippen LogP contribution in [0.15, 0.2) is 47.6 Å². The number of rotatable bonds is 3. The van der Waals surface area contributed by atoms with Crippen molar-refractivity contribution in [1.29, 1.82) is 0 Å². The van der Waals surface area contributed by atoms with Gasteiger partial charge in [-0.15, -0.1) is 0 Å². The van der Waals surface area contributed by atoms with Crippen molar-refractivity contribution in [3.8, 4) is 0 Å². The van der Waals surface area contributed by atoms with Crippen LogP contribution in [0.5, 0.6) is 0 Å². The quantitative estimate of drug-likeness (QED) is 0.448. The smallest absolute Gasteiger partial charge is 0.337 e. The fraction of sp³-hybridized carbons (Fsp3) is 0.500. The maximum atomic E-state index is 12.5. The van der Waals surface area contributed by atoms with Gasteiger partial charge in [0.15, 0.2) is 0 Å². The van der Waals surface area contributed by atoms with Gasteiger partial charge in [0.2, 0.25) is 0 Å². The summed E-state index contributed by atoms with van der Waals surface area (Å²) in [6, 6.07) is 0. The molecule has 4 nitrogen and oxygen atoms in total. The molecule has 3 rings (SSSR count). The molecule has 0 bridgehead atoms. The molecular weight excluding hydrogens is 304 g/mol. The number of carbonyl (C=O) groups excluding carboxylic acids is 2. The zero-order valence-corrected chi connectivity index (χ0v) is 14.3. The van der Waals surface area contributed by atoms with Gasteiger partial charge in [0, 0.05) is 5.57 Å². The Morgan fingerprint density at radius 1 is 1.33 bits per heavy atom. The lowest BCUT2D eigenvalue weighted by Crippen LogP contribution is -2.43. The molecule has 1 aliphatic carbocycles. The van der Waals surface area contributed by atoms with E-state index in [9.17, 15) is 9.59 Å². The number of hydrogen-bond donors (Lipinski definition) is 0. The average molecular weight is 328 g/mol. The van der Waals surface area contributed by atoms with Gasteiger partial charge in [0.05, 0.1) is 11.8 Å². The third-order valence-electron chi connectivity index (χ3n) is 5.09. The molecule has 4 unspecified atom stereocenters. The van der Waals surface area contributed by atoms with Gasteiger partial charge in [-0.1, -0.05) is 42.0 Å². The third kappa shape index (κ3) is 3.23. The summed E-state index contributed by atoms with van der Waals surface area (Å²) >= 11 is 0. The summed E-state index contributed by atoms with van der Waals surface area (Å²) in [5, 5.41) is 0. The molecule has 24 heavy (non-hydrogen) atoms. The van der Waals surface area contributed by atoms with Crippen LogP contribution in [0.3, 0.4) is 0 Å². The first kappa shape index (κ1) is 16.7. The van der Waals surface area contributed by atoms with E-state index in [1.54, 1.807) is 0 Å². The molecule has 0 aromatic carbocycles. The van der Waals surface area contributed by atoms with E-state index in [4.69, 9.17) is 9.47 Å². The standard InChI is InChI=1S/C20H24O4/c1-12(2)6-4-8-15-14-11-10-13(3)7-5-9-16-17(14)20(23-18(15)21)24-19(16)22/h4,6-7,9,14-15,17,20H,1,5,8,10-11H2,2-3H3. The molecule has 2 heterocycles. The van der Waals surface area contributed by atoms with Crippen LogP contribution in [-0.2, 0) is 19.1 Å². The van der Waals surface area contributed by atoms with Gasteiger partial charge in [0.25, 0.3) is 6.29 Å². The molecule has 2 aliphatic heterocycles. The van der Waals surface area contributed by atoms with Crippen LogP contribution in [0.4, 0.5) is 0 Å². The van der Waals surface area contributed by atoms with Crippen molar-refractivity contribution in [3.05, 3.63) is 47.6 Å². The van der Waals surface area contributed by atoms with E-state index in [0.717, 1.165) is 24.8 Å². The highest BCUT2D eigenvalue weighted by Gasteiger charge is 2.53. The third-order valence-corrected chi connectivity index (χ3v) is 5.09. The van der Waals surface area contributed by atoms with Crippen molar-refractivity contribution < 1.29 is 19.1 Å². The SMILES string of the molecule is C=C(C)C=CCC1C(=O)OC2OC(=O)C3=CCC=C(C)CCC1C32. The molecule has 0 radical (unpaired) electrons. The summed E-state index contributed by atoms with van der Waals surface area (Å²) < 4.78 is 10.8. The minimum Gasteiger partial charge on any atom is -0.424 e. The first-order valence-corrected chi connectivity index (χ1v) is 8.56. The molecule has 0 aromatic rings. The molecule has 4 atom stereocenters. The van der Waals surface area contributed by atoms with Crippen molar-refractivity contribution in [2.45, 2.75) is 45.8 Å². The average Bonchev–Trinajstić information content (AvgIpc) is 2.84. The van der Waals surface area contributed by atoms with Crippen LogP contribution in [0.1, 0.15) is 39.5 Å². The van der Waals surface area contributed by atoms with Gasteiger partial charge in [-0.2, -0.15) is 0 Å². The fourth-order valence-corrected chi connectivity index (χ4v) is 3.86. The number of esters is 2. The zero-order chi connectivity index (χ0) is 17.3. The van der Waals surface area contributed by atoms with Crippen LogP contribution in [0.25, 0.3) is 0 Å². The van der Waals surface area contributed by atoms with Crippen molar-refractivity contribution in [2.75, 3.05) is 0 Å². The molecule has 0 saturated carbocycles. The van der Waals surface area contributed by atoms with Crippen LogP contribution in [-0.4, -0.2) is 18.2 Å². The fourth-order valence-electron chi connectivity index (χ4n) is 3.86. The van der Waals surface area contributed by atoms with Gasteiger partial charge in [-0.25, -0.2) is 4.79 Å². The number of ether oxygens (including phenoxy) is 2. The van der Waals surface area contributed by atoms with Gasteiger partial charge < -0.3 is 9.47 Å². The summed E-state index contributed by atoms with van der Waals surface area (Å²) in [6.45, 7) is 7.87. The molecule has 2 fully saturated rings. The second-order valence-corrected chi connectivity index (χ2v) is 6.98. The van der Waals surface area contributed by atoms with E-state index >= 15 is 0 Å². The van der Waals surface area contributed by atoms with E-state index in [-0.39, 0.29) is 29.7 Å². The van der Waals surface area contributed by atoms with Gasteiger partial charge >= 0.3 is 11.9 Å². The molecule has 128 valence electrons. The zero-order valence-electron chi connectivity index (χ0n) is 14.3. The molecule has 0 N–H and O–H groups in total. The molecule has 0 aromatic heterocycles. The lowest BCUT2D eigenvalue weighted by Gasteiger charge is -2.37. The van der Waals surface area contributed by atoms with E-state index in [2.05, 4.69) is 19.6 Å². The largest absolute Gasteiger partial charge is 0.424 e. The number of carbonyl (C=O) groups is 2. The summed E-state index contributed by atoms with van der Waals surface area (Å²) in [4.78, 5) is 24.7. The summed E-state index contributed by atoms with van der Waals surface area (Å²) in [5.74, 6) is -0.926. The summed E-state index contributed by atoms with van der Waals surface area (Å²) in [6.07, 6.45) is 10.3. The van der Waals surface area contributed by atoms with E-state index in [1.165, 1.54) is 5.57 Å². The summed E-state index contributed by atoms with van der Waals surface area (Å²) in [7, 11) is 0. The number of allylic oxidation sites excluding steroid dienone is 6. The number of hydrogen-bond acceptors (Lipinski definition) is 4. The van der Waals surface area contributed by atoms with Gasteiger partial charge in [0.1, 0.15) is 0 Å². The predicted molar refractivity (Wildman–Crippen MR) is 90.7 cm³/mol. The molecular formula is C20H24O4. The first-order chi connectivity index (χ1) is 11.5. The van der Waals surface area contributed by atoms with E-state index in [0.29, 0.717) is 12.0 Å². The van der Waals surface area contributed by atoms with Crippen molar-refractivity contribution in [1.82, 2.24) is 0 Å². The highest BCUT2D eigenvalue weighted by molar-refractivity contribution is 5.92. The molecule has 2 saturated heterocycles.